The Morgan fingerprint density at radius 2 is 1.86 bits per heavy atom. The average Bonchev–Trinajstić information content (AvgIpc) is 2.08. The van der Waals surface area contributed by atoms with E-state index in [2.05, 4.69) is 6.58 Å². The summed E-state index contributed by atoms with van der Waals surface area (Å²) in [5.74, 6) is -1.28. The van der Waals surface area contributed by atoms with E-state index in [1.54, 1.807) is 19.1 Å². The summed E-state index contributed by atoms with van der Waals surface area (Å²) >= 11 is 0. The number of rotatable bonds is 3. The van der Waals surface area contributed by atoms with Crippen molar-refractivity contribution in [1.29, 1.82) is 0 Å². The van der Waals surface area contributed by atoms with Crippen molar-refractivity contribution in [1.82, 2.24) is 0 Å². The molecule has 0 spiro atoms. The zero-order chi connectivity index (χ0) is 10.8. The third-order valence-electron chi connectivity index (χ3n) is 2.09. The number of benzene rings is 1. The van der Waals surface area contributed by atoms with Crippen LogP contribution in [0.1, 0.15) is 19.4 Å². The van der Waals surface area contributed by atoms with Crippen molar-refractivity contribution in [2.24, 2.45) is 0 Å². The molecule has 0 heterocycles. The SMILES string of the molecule is C=C(C)C(C)(F)Oc1ccc(C)cc1. The Morgan fingerprint density at radius 1 is 1.36 bits per heavy atom. The van der Waals surface area contributed by atoms with Crippen LogP contribution in [0.15, 0.2) is 36.4 Å². The van der Waals surface area contributed by atoms with E-state index < -0.39 is 5.85 Å². The van der Waals surface area contributed by atoms with Crippen LogP contribution < -0.4 is 4.74 Å². The van der Waals surface area contributed by atoms with Crippen LogP contribution >= 0.6 is 0 Å². The number of alkyl halides is 1. The van der Waals surface area contributed by atoms with Crippen molar-refractivity contribution in [3.8, 4) is 5.75 Å². The summed E-state index contributed by atoms with van der Waals surface area (Å²) in [5.41, 5.74) is 1.48. The number of hydrogen-bond donors (Lipinski definition) is 0. The summed E-state index contributed by atoms with van der Waals surface area (Å²) in [7, 11) is 0. The Bertz CT molecular complexity index is 325. The Labute approximate surface area is 84.2 Å². The Balaban J connectivity index is 2.79. The second-order valence-electron chi connectivity index (χ2n) is 3.61. The van der Waals surface area contributed by atoms with Crippen molar-refractivity contribution in [3.05, 3.63) is 42.0 Å². The fourth-order valence-corrected chi connectivity index (χ4v) is 0.915. The molecule has 2 heteroatoms. The minimum atomic E-state index is -1.80. The molecule has 0 aliphatic heterocycles. The minimum absolute atomic E-state index is 0.359. The summed E-state index contributed by atoms with van der Waals surface area (Å²) in [5, 5.41) is 0. The fourth-order valence-electron chi connectivity index (χ4n) is 0.915. The van der Waals surface area contributed by atoms with Gasteiger partial charge in [-0.2, -0.15) is 4.39 Å². The highest BCUT2D eigenvalue weighted by molar-refractivity contribution is 5.27. The van der Waals surface area contributed by atoms with Gasteiger partial charge >= 0.3 is 0 Å². The third kappa shape index (κ3) is 2.59. The van der Waals surface area contributed by atoms with E-state index in [1.807, 2.05) is 19.1 Å². The van der Waals surface area contributed by atoms with Crippen LogP contribution in [-0.4, -0.2) is 5.85 Å². The van der Waals surface area contributed by atoms with Crippen LogP contribution in [0.3, 0.4) is 0 Å². The van der Waals surface area contributed by atoms with Crippen LogP contribution in [0, 0.1) is 6.92 Å². The highest BCUT2D eigenvalue weighted by Gasteiger charge is 2.25. The van der Waals surface area contributed by atoms with Gasteiger partial charge in [0.2, 0.25) is 0 Å². The van der Waals surface area contributed by atoms with Crippen molar-refractivity contribution >= 4 is 0 Å². The quantitative estimate of drug-likeness (QED) is 0.667. The lowest BCUT2D eigenvalue weighted by molar-refractivity contribution is -0.00756. The van der Waals surface area contributed by atoms with Gasteiger partial charge in [0.1, 0.15) is 5.75 Å². The smallest absolute Gasteiger partial charge is 0.266 e. The number of halogens is 1. The monoisotopic (exact) mass is 194 g/mol. The number of aryl methyl sites for hydroxylation is 1. The van der Waals surface area contributed by atoms with Gasteiger partial charge in [-0.3, -0.25) is 0 Å². The van der Waals surface area contributed by atoms with Crippen molar-refractivity contribution in [2.45, 2.75) is 26.6 Å². The van der Waals surface area contributed by atoms with Gasteiger partial charge in [-0.05, 0) is 31.6 Å². The maximum atomic E-state index is 13.7. The van der Waals surface area contributed by atoms with Crippen LogP contribution in [0.4, 0.5) is 4.39 Å². The van der Waals surface area contributed by atoms with Gasteiger partial charge in [-0.1, -0.05) is 24.3 Å². The topological polar surface area (TPSA) is 9.23 Å². The van der Waals surface area contributed by atoms with Gasteiger partial charge in [-0.15, -0.1) is 0 Å². The molecule has 0 amide bonds. The predicted octanol–water partition coefficient (Wildman–Crippen LogP) is 3.64. The maximum absolute atomic E-state index is 13.7. The first-order valence-corrected chi connectivity index (χ1v) is 4.52. The van der Waals surface area contributed by atoms with Gasteiger partial charge < -0.3 is 4.74 Å². The molecule has 1 rings (SSSR count). The van der Waals surface area contributed by atoms with Crippen molar-refractivity contribution in [2.75, 3.05) is 0 Å². The van der Waals surface area contributed by atoms with Gasteiger partial charge in [0.25, 0.3) is 5.85 Å². The molecule has 1 unspecified atom stereocenters. The molecule has 1 aromatic rings. The molecule has 0 fully saturated rings. The molecule has 0 N–H and O–H groups in total. The van der Waals surface area contributed by atoms with E-state index in [9.17, 15) is 4.39 Å². The van der Waals surface area contributed by atoms with Gasteiger partial charge in [-0.25, -0.2) is 0 Å². The fraction of sp³-hybridized carbons (Fsp3) is 0.333. The normalized spacial score (nSPS) is 14.6. The Morgan fingerprint density at radius 3 is 2.29 bits per heavy atom. The minimum Gasteiger partial charge on any atom is -0.454 e. The zero-order valence-corrected chi connectivity index (χ0v) is 8.80. The molecule has 0 saturated carbocycles. The maximum Gasteiger partial charge on any atom is 0.266 e. The molecule has 14 heavy (non-hydrogen) atoms. The van der Waals surface area contributed by atoms with E-state index >= 15 is 0 Å². The van der Waals surface area contributed by atoms with E-state index in [1.165, 1.54) is 6.92 Å². The molecule has 1 nitrogen and oxygen atoms in total. The molecule has 1 aromatic carbocycles. The number of hydrogen-bond acceptors (Lipinski definition) is 1. The van der Waals surface area contributed by atoms with Crippen LogP contribution in [-0.2, 0) is 0 Å². The standard InChI is InChI=1S/C12H15FO/c1-9(2)12(4,13)14-11-7-5-10(3)6-8-11/h5-8H,1H2,2-4H3. The first kappa shape index (κ1) is 10.8. The molecular formula is C12H15FO. The summed E-state index contributed by atoms with van der Waals surface area (Å²) in [6, 6.07) is 7.25. The highest BCUT2D eigenvalue weighted by Crippen LogP contribution is 2.25. The van der Waals surface area contributed by atoms with Crippen LogP contribution in [0.5, 0.6) is 5.75 Å². The van der Waals surface area contributed by atoms with Crippen LogP contribution in [0.25, 0.3) is 0 Å². The third-order valence-corrected chi connectivity index (χ3v) is 2.09. The molecule has 0 aliphatic rings. The predicted molar refractivity (Wildman–Crippen MR) is 56.1 cm³/mol. The molecule has 0 radical (unpaired) electrons. The van der Waals surface area contributed by atoms with Crippen molar-refractivity contribution < 1.29 is 9.13 Å². The molecule has 0 aliphatic carbocycles. The highest BCUT2D eigenvalue weighted by atomic mass is 19.2. The Hall–Kier alpha value is -1.31. The lowest BCUT2D eigenvalue weighted by Crippen LogP contribution is -2.27. The van der Waals surface area contributed by atoms with Gasteiger partial charge in [0.15, 0.2) is 0 Å². The van der Waals surface area contributed by atoms with Gasteiger partial charge in [0.05, 0.1) is 0 Å². The van der Waals surface area contributed by atoms with Crippen LogP contribution in [0.2, 0.25) is 0 Å². The largest absolute Gasteiger partial charge is 0.454 e. The molecule has 1 atom stereocenters. The average molecular weight is 194 g/mol. The second-order valence-corrected chi connectivity index (χ2v) is 3.61. The summed E-state index contributed by atoms with van der Waals surface area (Å²) < 4.78 is 18.8. The molecule has 0 saturated heterocycles. The molecular weight excluding hydrogens is 179 g/mol. The lowest BCUT2D eigenvalue weighted by atomic mass is 10.2. The first-order chi connectivity index (χ1) is 6.42. The first-order valence-electron chi connectivity index (χ1n) is 4.52. The second kappa shape index (κ2) is 3.82. The molecule has 76 valence electrons. The molecule has 0 bridgehead atoms. The van der Waals surface area contributed by atoms with E-state index in [-0.39, 0.29) is 0 Å². The Kier molecular flexibility index (Phi) is 2.94. The van der Waals surface area contributed by atoms with Crippen molar-refractivity contribution in [3.63, 3.8) is 0 Å². The van der Waals surface area contributed by atoms with Gasteiger partial charge in [0, 0.05) is 6.92 Å². The number of ether oxygens (including phenoxy) is 1. The lowest BCUT2D eigenvalue weighted by Gasteiger charge is -2.22. The van der Waals surface area contributed by atoms with E-state index in [4.69, 9.17) is 4.74 Å². The molecule has 0 aromatic heterocycles. The summed E-state index contributed by atoms with van der Waals surface area (Å²) in [4.78, 5) is 0. The van der Waals surface area contributed by atoms with E-state index in [0.29, 0.717) is 11.3 Å². The van der Waals surface area contributed by atoms with E-state index in [0.717, 1.165) is 5.56 Å². The summed E-state index contributed by atoms with van der Waals surface area (Å²) in [6.45, 7) is 8.47. The zero-order valence-electron chi connectivity index (χ0n) is 8.80. The summed E-state index contributed by atoms with van der Waals surface area (Å²) in [6.07, 6.45) is 0.